The highest BCUT2D eigenvalue weighted by atomic mass is 35.5. The maximum absolute atomic E-state index is 12.4. The molecule has 1 atom stereocenters. The summed E-state index contributed by atoms with van der Waals surface area (Å²) in [5.41, 5.74) is 2.16. The SMILES string of the molecule is CC1CC(=O)N(C)c2ccc(NS(=O)(=O)c3cncc(Cl)c3)cc21. The maximum atomic E-state index is 12.4. The van der Waals surface area contributed by atoms with Gasteiger partial charge in [0.25, 0.3) is 10.0 Å². The van der Waals surface area contributed by atoms with E-state index in [1.165, 1.54) is 18.5 Å². The minimum atomic E-state index is -3.78. The Balaban J connectivity index is 1.94. The highest BCUT2D eigenvalue weighted by Crippen LogP contribution is 2.37. The lowest BCUT2D eigenvalue weighted by Crippen LogP contribution is -2.32. The number of halogens is 1. The smallest absolute Gasteiger partial charge is 0.263 e. The van der Waals surface area contributed by atoms with E-state index in [9.17, 15) is 13.2 Å². The molecule has 1 aliphatic heterocycles. The predicted octanol–water partition coefficient (Wildman–Crippen LogP) is 3.01. The van der Waals surface area contributed by atoms with Crippen molar-refractivity contribution < 1.29 is 13.2 Å². The molecule has 0 saturated carbocycles. The van der Waals surface area contributed by atoms with Crippen LogP contribution in [0.15, 0.2) is 41.6 Å². The Bertz CT molecular complexity index is 915. The van der Waals surface area contributed by atoms with Gasteiger partial charge in [-0.25, -0.2) is 8.42 Å². The highest BCUT2D eigenvalue weighted by Gasteiger charge is 2.27. The van der Waals surface area contributed by atoms with Crippen LogP contribution in [-0.4, -0.2) is 26.4 Å². The van der Waals surface area contributed by atoms with Crippen molar-refractivity contribution in [3.05, 3.63) is 47.2 Å². The van der Waals surface area contributed by atoms with Crippen molar-refractivity contribution in [1.82, 2.24) is 4.98 Å². The molecule has 1 aromatic heterocycles. The molecule has 24 heavy (non-hydrogen) atoms. The molecule has 3 rings (SSSR count). The average Bonchev–Trinajstić information content (AvgIpc) is 2.52. The number of nitrogens with one attached hydrogen (secondary N) is 1. The summed E-state index contributed by atoms with van der Waals surface area (Å²) in [6, 6.07) is 6.48. The quantitative estimate of drug-likeness (QED) is 0.906. The van der Waals surface area contributed by atoms with Gasteiger partial charge in [0.05, 0.1) is 5.02 Å². The largest absolute Gasteiger partial charge is 0.315 e. The molecule has 8 heteroatoms. The summed E-state index contributed by atoms with van der Waals surface area (Å²) < 4.78 is 27.4. The molecule has 0 radical (unpaired) electrons. The molecular weight excluding hydrogens is 350 g/mol. The minimum absolute atomic E-state index is 0.00642. The van der Waals surface area contributed by atoms with Crippen molar-refractivity contribution in [2.75, 3.05) is 16.7 Å². The second kappa shape index (κ2) is 6.07. The van der Waals surface area contributed by atoms with Gasteiger partial charge in [-0.3, -0.25) is 14.5 Å². The first-order chi connectivity index (χ1) is 11.3. The lowest BCUT2D eigenvalue weighted by atomic mass is 9.91. The topological polar surface area (TPSA) is 79.4 Å². The van der Waals surface area contributed by atoms with Crippen LogP contribution in [0.1, 0.15) is 24.8 Å². The zero-order chi connectivity index (χ0) is 17.5. The van der Waals surface area contributed by atoms with E-state index >= 15 is 0 Å². The van der Waals surface area contributed by atoms with E-state index in [0.717, 1.165) is 11.3 Å². The van der Waals surface area contributed by atoms with Gasteiger partial charge in [-0.2, -0.15) is 0 Å². The van der Waals surface area contributed by atoms with Crippen molar-refractivity contribution >= 4 is 38.9 Å². The summed E-state index contributed by atoms with van der Waals surface area (Å²) in [5, 5.41) is 0.247. The Morgan fingerprint density at radius 2 is 2.04 bits per heavy atom. The Morgan fingerprint density at radius 3 is 2.75 bits per heavy atom. The van der Waals surface area contributed by atoms with Gasteiger partial charge < -0.3 is 4.90 Å². The molecule has 0 bridgehead atoms. The third kappa shape index (κ3) is 3.09. The molecule has 6 nitrogen and oxygen atoms in total. The molecule has 1 aromatic carbocycles. The molecule has 1 unspecified atom stereocenters. The van der Waals surface area contributed by atoms with Crippen molar-refractivity contribution in [1.29, 1.82) is 0 Å². The van der Waals surface area contributed by atoms with Crippen molar-refractivity contribution in [2.45, 2.75) is 24.2 Å². The summed E-state index contributed by atoms with van der Waals surface area (Å²) in [6.07, 6.45) is 3.01. The fraction of sp³-hybridized carbons (Fsp3) is 0.250. The van der Waals surface area contributed by atoms with E-state index in [2.05, 4.69) is 9.71 Å². The molecule has 2 aromatic rings. The van der Waals surface area contributed by atoms with Gasteiger partial charge in [0.2, 0.25) is 5.91 Å². The van der Waals surface area contributed by atoms with Crippen molar-refractivity contribution in [3.63, 3.8) is 0 Å². The third-order valence-corrected chi connectivity index (χ3v) is 5.57. The van der Waals surface area contributed by atoms with Crippen LogP contribution in [-0.2, 0) is 14.8 Å². The van der Waals surface area contributed by atoms with Crippen LogP contribution >= 0.6 is 11.6 Å². The zero-order valence-electron chi connectivity index (χ0n) is 13.2. The lowest BCUT2D eigenvalue weighted by Gasteiger charge is -2.30. The lowest BCUT2D eigenvalue weighted by molar-refractivity contribution is -0.119. The number of carbonyl (C=O) groups excluding carboxylic acids is 1. The van der Waals surface area contributed by atoms with E-state index < -0.39 is 10.0 Å². The molecule has 126 valence electrons. The average molecular weight is 366 g/mol. The second-order valence-electron chi connectivity index (χ2n) is 5.78. The van der Waals surface area contributed by atoms with E-state index in [0.29, 0.717) is 12.1 Å². The van der Waals surface area contributed by atoms with Crippen LogP contribution in [0.3, 0.4) is 0 Å². The number of sulfonamides is 1. The normalized spacial score (nSPS) is 17.5. The van der Waals surface area contributed by atoms with Crippen LogP contribution in [0.5, 0.6) is 0 Å². The van der Waals surface area contributed by atoms with E-state index in [1.54, 1.807) is 30.1 Å². The van der Waals surface area contributed by atoms with E-state index in [1.807, 2.05) is 6.92 Å². The van der Waals surface area contributed by atoms with Gasteiger partial charge in [-0.15, -0.1) is 0 Å². The van der Waals surface area contributed by atoms with E-state index in [-0.39, 0.29) is 21.7 Å². The number of anilines is 2. The van der Waals surface area contributed by atoms with Crippen LogP contribution in [0.2, 0.25) is 5.02 Å². The number of nitrogens with zero attached hydrogens (tertiary/aromatic N) is 2. The Kier molecular flexibility index (Phi) is 4.23. The van der Waals surface area contributed by atoms with Crippen molar-refractivity contribution in [3.8, 4) is 0 Å². The predicted molar refractivity (Wildman–Crippen MR) is 92.9 cm³/mol. The van der Waals surface area contributed by atoms with Crippen LogP contribution < -0.4 is 9.62 Å². The fourth-order valence-electron chi connectivity index (χ4n) is 2.71. The minimum Gasteiger partial charge on any atom is -0.315 e. The number of hydrogen-bond acceptors (Lipinski definition) is 4. The van der Waals surface area contributed by atoms with Gasteiger partial charge in [0.1, 0.15) is 4.90 Å². The Morgan fingerprint density at radius 1 is 1.29 bits per heavy atom. The number of amides is 1. The van der Waals surface area contributed by atoms with Crippen LogP contribution in [0.25, 0.3) is 0 Å². The van der Waals surface area contributed by atoms with E-state index in [4.69, 9.17) is 11.6 Å². The third-order valence-electron chi connectivity index (χ3n) is 4.02. The first-order valence-electron chi connectivity index (χ1n) is 7.32. The standard InChI is InChI=1S/C16H16ClN3O3S/c1-10-5-16(21)20(2)15-4-3-12(7-14(10)15)19-24(22,23)13-6-11(17)8-18-9-13/h3-4,6-10,19H,5H2,1-2H3. The molecule has 1 N–H and O–H groups in total. The first-order valence-corrected chi connectivity index (χ1v) is 9.18. The molecule has 0 aliphatic carbocycles. The molecule has 0 spiro atoms. The molecule has 2 heterocycles. The molecule has 0 saturated heterocycles. The van der Waals surface area contributed by atoms with Gasteiger partial charge >= 0.3 is 0 Å². The number of fused-ring (bicyclic) bond motifs is 1. The fourth-order valence-corrected chi connectivity index (χ4v) is 3.99. The molecule has 1 aliphatic rings. The van der Waals surface area contributed by atoms with Gasteiger partial charge in [-0.05, 0) is 35.7 Å². The number of pyridine rings is 1. The molecule has 1 amide bonds. The summed E-state index contributed by atoms with van der Waals surface area (Å²) >= 11 is 5.81. The van der Waals surface area contributed by atoms with Crippen LogP contribution in [0.4, 0.5) is 11.4 Å². The van der Waals surface area contributed by atoms with Crippen molar-refractivity contribution in [2.24, 2.45) is 0 Å². The first kappa shape index (κ1) is 16.7. The van der Waals surface area contributed by atoms with Gasteiger partial charge in [-0.1, -0.05) is 18.5 Å². The monoisotopic (exact) mass is 365 g/mol. The Hall–Kier alpha value is -2.12. The maximum Gasteiger partial charge on any atom is 0.263 e. The van der Waals surface area contributed by atoms with Gasteiger partial charge in [0, 0.05) is 37.2 Å². The molecular formula is C16H16ClN3O3S. The number of rotatable bonds is 3. The second-order valence-corrected chi connectivity index (χ2v) is 7.89. The number of carbonyl (C=O) groups is 1. The number of benzene rings is 1. The summed E-state index contributed by atoms with van der Waals surface area (Å²) in [5.74, 6) is 0.0781. The van der Waals surface area contributed by atoms with Gasteiger partial charge in [0.15, 0.2) is 0 Å². The van der Waals surface area contributed by atoms with Crippen LogP contribution in [0, 0.1) is 0 Å². The summed E-state index contributed by atoms with van der Waals surface area (Å²) in [4.78, 5) is 17.3. The molecule has 0 fully saturated rings. The Labute approximate surface area is 145 Å². The zero-order valence-corrected chi connectivity index (χ0v) is 14.7. The summed E-state index contributed by atoms with van der Waals surface area (Å²) in [6.45, 7) is 1.95. The number of aromatic nitrogens is 1. The summed E-state index contributed by atoms with van der Waals surface area (Å²) in [7, 11) is -2.06. The highest BCUT2D eigenvalue weighted by molar-refractivity contribution is 7.92. The number of hydrogen-bond donors (Lipinski definition) is 1.